The van der Waals surface area contributed by atoms with E-state index < -0.39 is 0 Å². The van der Waals surface area contributed by atoms with Crippen molar-refractivity contribution < 1.29 is 0 Å². The SMILES string of the molecule is Ic1ccc(-c2nc[c]s2)cc1. The zero-order valence-electron chi connectivity index (χ0n) is 6.12. The van der Waals surface area contributed by atoms with Crippen LogP contribution < -0.4 is 0 Å². The zero-order valence-corrected chi connectivity index (χ0v) is 9.09. The summed E-state index contributed by atoms with van der Waals surface area (Å²) in [6.07, 6.45) is 1.71. The minimum Gasteiger partial charge on any atom is -0.244 e. The van der Waals surface area contributed by atoms with E-state index in [0.29, 0.717) is 0 Å². The molecule has 0 saturated heterocycles. The molecular formula is C9H5INS. The van der Waals surface area contributed by atoms with E-state index in [1.165, 1.54) is 9.13 Å². The van der Waals surface area contributed by atoms with Crippen LogP contribution in [0.4, 0.5) is 0 Å². The first kappa shape index (κ1) is 8.19. The summed E-state index contributed by atoms with van der Waals surface area (Å²) in [4.78, 5) is 4.18. The molecule has 0 fully saturated rings. The normalized spacial score (nSPS) is 10.1. The maximum atomic E-state index is 4.18. The molecule has 1 radical (unpaired) electrons. The number of hydrogen-bond donors (Lipinski definition) is 0. The van der Waals surface area contributed by atoms with Crippen molar-refractivity contribution in [2.24, 2.45) is 0 Å². The van der Waals surface area contributed by atoms with Gasteiger partial charge in [-0.1, -0.05) is 12.1 Å². The predicted octanol–water partition coefficient (Wildman–Crippen LogP) is 3.21. The summed E-state index contributed by atoms with van der Waals surface area (Å²) in [5.74, 6) is 0. The number of hydrogen-bond acceptors (Lipinski definition) is 2. The van der Waals surface area contributed by atoms with Crippen molar-refractivity contribution in [2.45, 2.75) is 0 Å². The first-order valence-electron chi connectivity index (χ1n) is 3.44. The van der Waals surface area contributed by atoms with Gasteiger partial charge in [0.2, 0.25) is 0 Å². The van der Waals surface area contributed by atoms with Crippen molar-refractivity contribution in [1.29, 1.82) is 0 Å². The molecule has 1 nitrogen and oxygen atoms in total. The van der Waals surface area contributed by atoms with Gasteiger partial charge in [-0.15, -0.1) is 11.3 Å². The van der Waals surface area contributed by atoms with Crippen molar-refractivity contribution in [1.82, 2.24) is 4.98 Å². The second kappa shape index (κ2) is 3.53. The molecule has 0 saturated carbocycles. The first-order valence-corrected chi connectivity index (χ1v) is 5.33. The summed E-state index contributed by atoms with van der Waals surface area (Å²) in [6, 6.07) is 8.32. The lowest BCUT2D eigenvalue weighted by Crippen LogP contribution is -1.75. The molecule has 3 heteroatoms. The Labute approximate surface area is 88.6 Å². The van der Waals surface area contributed by atoms with Gasteiger partial charge in [-0.25, -0.2) is 4.98 Å². The fourth-order valence-corrected chi connectivity index (χ4v) is 1.86. The fraction of sp³-hybridized carbons (Fsp3) is 0. The van der Waals surface area contributed by atoms with E-state index in [1.807, 2.05) is 0 Å². The lowest BCUT2D eigenvalue weighted by atomic mass is 10.2. The summed E-state index contributed by atoms with van der Waals surface area (Å²) in [6.45, 7) is 0. The van der Waals surface area contributed by atoms with Crippen LogP contribution in [0, 0.1) is 8.95 Å². The average molecular weight is 286 g/mol. The van der Waals surface area contributed by atoms with E-state index in [9.17, 15) is 0 Å². The van der Waals surface area contributed by atoms with E-state index in [0.717, 1.165) is 5.01 Å². The van der Waals surface area contributed by atoms with Crippen molar-refractivity contribution >= 4 is 33.9 Å². The van der Waals surface area contributed by atoms with E-state index >= 15 is 0 Å². The molecule has 0 atom stereocenters. The van der Waals surface area contributed by atoms with Gasteiger partial charge in [0.05, 0.1) is 5.38 Å². The maximum absolute atomic E-state index is 4.18. The maximum Gasteiger partial charge on any atom is 0.123 e. The number of halogens is 1. The van der Waals surface area contributed by atoms with Gasteiger partial charge < -0.3 is 0 Å². The molecule has 2 aromatic rings. The number of rotatable bonds is 1. The van der Waals surface area contributed by atoms with Gasteiger partial charge in [0.25, 0.3) is 0 Å². The highest BCUT2D eigenvalue weighted by Crippen LogP contribution is 2.21. The van der Waals surface area contributed by atoms with E-state index in [2.05, 4.69) is 57.2 Å². The minimum atomic E-state index is 1.03. The molecule has 0 aliphatic rings. The molecule has 2 rings (SSSR count). The minimum absolute atomic E-state index is 1.03. The summed E-state index contributed by atoms with van der Waals surface area (Å²) < 4.78 is 1.25. The van der Waals surface area contributed by atoms with Gasteiger partial charge in [-0.2, -0.15) is 0 Å². The third-order valence-corrected chi connectivity index (χ3v) is 2.96. The third kappa shape index (κ3) is 1.67. The summed E-state index contributed by atoms with van der Waals surface area (Å²) in [5, 5.41) is 4.01. The van der Waals surface area contributed by atoms with Gasteiger partial charge in [0.1, 0.15) is 5.01 Å². The lowest BCUT2D eigenvalue weighted by Gasteiger charge is -1.94. The van der Waals surface area contributed by atoms with Crippen LogP contribution in [0.2, 0.25) is 0 Å². The highest BCUT2D eigenvalue weighted by atomic mass is 127. The van der Waals surface area contributed by atoms with Crippen LogP contribution in [0.1, 0.15) is 0 Å². The molecule has 0 spiro atoms. The molecule has 0 unspecified atom stereocenters. The largest absolute Gasteiger partial charge is 0.244 e. The third-order valence-electron chi connectivity index (χ3n) is 1.48. The van der Waals surface area contributed by atoms with Gasteiger partial charge in [-0.3, -0.25) is 0 Å². The molecule has 0 aliphatic carbocycles. The molecule has 1 aromatic heterocycles. The topological polar surface area (TPSA) is 12.9 Å². The molecule has 59 valence electrons. The first-order chi connectivity index (χ1) is 5.86. The Hall–Kier alpha value is -0.420. The van der Waals surface area contributed by atoms with E-state index in [1.54, 1.807) is 17.5 Å². The molecule has 12 heavy (non-hydrogen) atoms. The number of aromatic nitrogens is 1. The van der Waals surface area contributed by atoms with E-state index in [-0.39, 0.29) is 0 Å². The van der Waals surface area contributed by atoms with Crippen LogP contribution >= 0.6 is 33.9 Å². The highest BCUT2D eigenvalue weighted by molar-refractivity contribution is 14.1. The van der Waals surface area contributed by atoms with Gasteiger partial charge in [-0.05, 0) is 34.7 Å². The van der Waals surface area contributed by atoms with Crippen molar-refractivity contribution in [2.75, 3.05) is 0 Å². The molecule has 1 heterocycles. The Kier molecular flexibility index (Phi) is 2.41. The summed E-state index contributed by atoms with van der Waals surface area (Å²) in [5.41, 5.74) is 1.17. The lowest BCUT2D eigenvalue weighted by molar-refractivity contribution is 1.41. The highest BCUT2D eigenvalue weighted by Gasteiger charge is 1.98. The molecular weight excluding hydrogens is 281 g/mol. The van der Waals surface area contributed by atoms with Crippen LogP contribution in [-0.4, -0.2) is 4.98 Å². The molecule has 0 amide bonds. The molecule has 0 aliphatic heterocycles. The molecule has 1 aromatic carbocycles. The second-order valence-corrected chi connectivity index (χ2v) is 4.36. The zero-order chi connectivity index (χ0) is 8.39. The second-order valence-electron chi connectivity index (χ2n) is 2.29. The fourth-order valence-electron chi connectivity index (χ4n) is 0.919. The Morgan fingerprint density at radius 3 is 2.58 bits per heavy atom. The molecule has 0 N–H and O–H groups in total. The Morgan fingerprint density at radius 2 is 2.00 bits per heavy atom. The van der Waals surface area contributed by atoms with Crippen LogP contribution in [-0.2, 0) is 0 Å². The Bertz CT molecular complexity index is 353. The monoisotopic (exact) mass is 286 g/mol. The van der Waals surface area contributed by atoms with Gasteiger partial charge >= 0.3 is 0 Å². The van der Waals surface area contributed by atoms with Crippen molar-refractivity contribution in [3.05, 3.63) is 39.4 Å². The summed E-state index contributed by atoms with van der Waals surface area (Å²) in [7, 11) is 0. The van der Waals surface area contributed by atoms with Crippen LogP contribution in [0.25, 0.3) is 10.6 Å². The Balaban J connectivity index is 2.43. The van der Waals surface area contributed by atoms with Gasteiger partial charge in [0, 0.05) is 15.3 Å². The smallest absolute Gasteiger partial charge is 0.123 e. The Morgan fingerprint density at radius 1 is 1.25 bits per heavy atom. The average Bonchev–Trinajstić information content (AvgIpc) is 2.58. The van der Waals surface area contributed by atoms with Crippen molar-refractivity contribution in [3.8, 4) is 10.6 Å². The van der Waals surface area contributed by atoms with E-state index in [4.69, 9.17) is 0 Å². The molecule has 0 bridgehead atoms. The number of benzene rings is 1. The number of thiazole rings is 1. The van der Waals surface area contributed by atoms with Crippen LogP contribution in [0.3, 0.4) is 0 Å². The quantitative estimate of drug-likeness (QED) is 0.733. The number of nitrogens with zero attached hydrogens (tertiary/aromatic N) is 1. The standard InChI is InChI=1S/C9H5INS/c10-8-3-1-7(2-4-8)9-11-5-6-12-9/h1-5H. The van der Waals surface area contributed by atoms with Gasteiger partial charge in [0.15, 0.2) is 0 Å². The summed E-state index contributed by atoms with van der Waals surface area (Å²) >= 11 is 3.83. The predicted molar refractivity (Wildman–Crippen MR) is 59.1 cm³/mol. The van der Waals surface area contributed by atoms with Crippen molar-refractivity contribution in [3.63, 3.8) is 0 Å². The van der Waals surface area contributed by atoms with Crippen LogP contribution in [0.15, 0.2) is 30.5 Å². The van der Waals surface area contributed by atoms with Crippen LogP contribution in [0.5, 0.6) is 0 Å².